The van der Waals surface area contributed by atoms with Crippen molar-refractivity contribution in [3.8, 4) is 34.2 Å². The van der Waals surface area contributed by atoms with E-state index in [-0.39, 0.29) is 24.6 Å². The van der Waals surface area contributed by atoms with E-state index in [4.69, 9.17) is 4.98 Å². The molecule has 6 nitrogen and oxygen atoms in total. The van der Waals surface area contributed by atoms with Gasteiger partial charge in [0.2, 0.25) is 11.2 Å². The van der Waals surface area contributed by atoms with E-state index in [0.717, 1.165) is 55.7 Å². The van der Waals surface area contributed by atoms with Gasteiger partial charge >= 0.3 is 18.9 Å². The zero-order valence-electron chi connectivity index (χ0n) is 22.2. The number of H-pyrrole nitrogens is 1. The van der Waals surface area contributed by atoms with Gasteiger partial charge < -0.3 is 5.11 Å². The van der Waals surface area contributed by atoms with Crippen molar-refractivity contribution in [3.05, 3.63) is 122 Å². The largest absolute Gasteiger partial charge is 1.00 e. The number of benzene rings is 4. The van der Waals surface area contributed by atoms with Gasteiger partial charge in [0, 0.05) is 39.2 Å². The van der Waals surface area contributed by atoms with Crippen molar-refractivity contribution in [1.29, 1.82) is 0 Å². The van der Waals surface area contributed by atoms with Gasteiger partial charge in [0.05, 0.1) is 22.4 Å². The molecule has 0 unspecified atom stereocenters. The number of rotatable bonds is 3. The molecule has 0 aliphatic heterocycles. The van der Waals surface area contributed by atoms with Gasteiger partial charge in [-0.3, -0.25) is 4.57 Å². The van der Waals surface area contributed by atoms with Crippen LogP contribution in [0.5, 0.6) is 5.75 Å². The quantitative estimate of drug-likeness (QED) is 0.263. The molecule has 4 heterocycles. The number of hydrogen-bond acceptors (Lipinski definition) is 4. The van der Waals surface area contributed by atoms with Crippen LogP contribution in [0, 0.1) is 0 Å². The van der Waals surface area contributed by atoms with E-state index in [9.17, 15) is 5.11 Å². The number of nitrogens with zero attached hydrogens (tertiary/aromatic N) is 4. The van der Waals surface area contributed by atoms with Crippen molar-refractivity contribution in [2.24, 2.45) is 0 Å². The third-order valence-corrected chi connectivity index (χ3v) is 7.49. The van der Waals surface area contributed by atoms with Gasteiger partial charge in [-0.25, -0.2) is 19.9 Å². The van der Waals surface area contributed by atoms with Crippen LogP contribution in [0.2, 0.25) is 0 Å². The van der Waals surface area contributed by atoms with Crippen molar-refractivity contribution < 1.29 is 29.0 Å². The van der Waals surface area contributed by atoms with E-state index in [0.29, 0.717) is 5.56 Å². The molecule has 7 heteroatoms. The summed E-state index contributed by atoms with van der Waals surface area (Å²) in [7, 11) is 0. The Bertz CT molecular complexity index is 2210. The molecule has 188 valence electrons. The second kappa shape index (κ2) is 9.87. The summed E-state index contributed by atoms with van der Waals surface area (Å²) in [5.74, 6) is 0.758. The van der Waals surface area contributed by atoms with Crippen LogP contribution in [0.3, 0.4) is 0 Å². The number of para-hydroxylation sites is 3. The molecule has 41 heavy (non-hydrogen) atoms. The predicted molar refractivity (Wildman–Crippen MR) is 156 cm³/mol. The Morgan fingerprint density at radius 1 is 0.634 bits per heavy atom. The molecule has 4 aromatic heterocycles. The predicted octanol–water partition coefficient (Wildman–Crippen LogP) is 3.50. The molecule has 0 radical (unpaired) electrons. The van der Waals surface area contributed by atoms with Gasteiger partial charge in [0.25, 0.3) is 0 Å². The van der Waals surface area contributed by atoms with E-state index in [1.165, 1.54) is 10.8 Å². The van der Waals surface area contributed by atoms with Crippen LogP contribution in [0.25, 0.3) is 72.1 Å². The molecule has 0 amide bonds. The Morgan fingerprint density at radius 3 is 2.07 bits per heavy atom. The minimum Gasteiger partial charge on any atom is -0.872 e. The molecule has 0 spiro atoms. The molecule has 8 aromatic rings. The second-order valence-electron chi connectivity index (χ2n) is 9.80. The first-order chi connectivity index (χ1) is 19.7. The van der Waals surface area contributed by atoms with Crippen LogP contribution in [0.15, 0.2) is 122 Å². The molecule has 0 fully saturated rings. The Kier molecular flexibility index (Phi) is 6.01. The van der Waals surface area contributed by atoms with Crippen LogP contribution >= 0.6 is 0 Å². The van der Waals surface area contributed by atoms with Crippen LogP contribution < -0.4 is 29.0 Å². The van der Waals surface area contributed by atoms with Gasteiger partial charge in [0.15, 0.2) is 0 Å². The average molecular weight is 523 g/mol. The molecule has 0 aliphatic carbocycles. The maximum atomic E-state index is 12.5. The van der Waals surface area contributed by atoms with E-state index in [1.807, 2.05) is 48.5 Å². The number of aromatic nitrogens is 5. The molecule has 0 atom stereocenters. The monoisotopic (exact) mass is 522 g/mol. The smallest absolute Gasteiger partial charge is 0.872 e. The summed E-state index contributed by atoms with van der Waals surface area (Å²) in [6.45, 7) is 0. The average Bonchev–Trinajstić information content (AvgIpc) is 3.35. The van der Waals surface area contributed by atoms with Crippen LogP contribution in [0.4, 0.5) is 0 Å². The maximum absolute atomic E-state index is 12.5. The van der Waals surface area contributed by atoms with Gasteiger partial charge in [-0.15, -0.1) is 0 Å². The summed E-state index contributed by atoms with van der Waals surface area (Å²) < 4.78 is 2.17. The summed E-state index contributed by atoms with van der Waals surface area (Å²) in [6.07, 6.45) is 1.60. The topological polar surface area (TPSA) is 80.8 Å². The fraction of sp³-hybridized carbons (Fsp3) is 0. The fourth-order valence-corrected chi connectivity index (χ4v) is 5.59. The first-order valence-corrected chi connectivity index (χ1v) is 13.1. The molecule has 0 aliphatic rings. The Morgan fingerprint density at radius 2 is 1.29 bits per heavy atom. The Hall–Kier alpha value is -5.02. The fourth-order valence-electron chi connectivity index (χ4n) is 5.59. The third-order valence-electron chi connectivity index (χ3n) is 7.49. The van der Waals surface area contributed by atoms with Crippen molar-refractivity contribution in [1.82, 2.24) is 19.5 Å². The SMILES string of the molecule is [Li+].[O-]c1ccccc1-c1ccc2ccc3ccc(-c4cc(-n5c6ccccc6c6ccccc65)ncn4)nc3c2[nH+]1. The first kappa shape index (κ1) is 25.0. The minimum atomic E-state index is -0.0226. The molecule has 0 saturated heterocycles. The molecular weight excluding hydrogens is 501 g/mol. The van der Waals surface area contributed by atoms with Gasteiger partial charge in [0.1, 0.15) is 17.7 Å². The number of nitrogens with one attached hydrogen (secondary N) is 1. The summed E-state index contributed by atoms with van der Waals surface area (Å²) in [6, 6.07) is 37.9. The van der Waals surface area contributed by atoms with Gasteiger partial charge in [-0.05, 0) is 36.4 Å². The maximum Gasteiger partial charge on any atom is 1.00 e. The summed E-state index contributed by atoms with van der Waals surface area (Å²) >= 11 is 0. The molecule has 4 aromatic carbocycles. The van der Waals surface area contributed by atoms with E-state index >= 15 is 0 Å². The molecule has 8 rings (SSSR count). The normalized spacial score (nSPS) is 11.3. The minimum absolute atomic E-state index is 0. The van der Waals surface area contributed by atoms with Crippen molar-refractivity contribution in [2.45, 2.75) is 0 Å². The molecule has 0 bridgehead atoms. The van der Waals surface area contributed by atoms with E-state index < -0.39 is 0 Å². The number of pyridine rings is 2. The first-order valence-electron chi connectivity index (χ1n) is 13.1. The summed E-state index contributed by atoms with van der Waals surface area (Å²) in [5, 5.41) is 16.9. The zero-order chi connectivity index (χ0) is 26.6. The molecule has 1 N–H and O–H groups in total. The summed E-state index contributed by atoms with van der Waals surface area (Å²) in [5.41, 5.74) is 6.73. The van der Waals surface area contributed by atoms with Crippen LogP contribution in [0.1, 0.15) is 0 Å². The van der Waals surface area contributed by atoms with Crippen LogP contribution in [-0.2, 0) is 0 Å². The van der Waals surface area contributed by atoms with Crippen molar-refractivity contribution >= 4 is 43.6 Å². The molecular formula is C34H21LiN5O+. The third kappa shape index (κ3) is 4.04. The van der Waals surface area contributed by atoms with Crippen molar-refractivity contribution in [3.63, 3.8) is 0 Å². The Balaban J connectivity index is 0.00000276. The standard InChI is InChI=1S/C34H21N5O.Li/c40-31-12-6-3-9-25(31)26-17-15-21-13-14-22-16-18-27(38-34(22)33(21)37-26)28-19-32(36-20-35-28)39-29-10-4-1-7-23(29)24-8-2-5-11-30(24)39;/h1-20,40H;/q;+1. The second-order valence-corrected chi connectivity index (χ2v) is 9.80. The van der Waals surface area contributed by atoms with Crippen LogP contribution in [-0.4, -0.2) is 19.5 Å². The van der Waals surface area contributed by atoms with E-state index in [2.05, 4.69) is 74.1 Å². The number of hydrogen-bond donors (Lipinski definition) is 0. The van der Waals surface area contributed by atoms with Gasteiger partial charge in [-0.1, -0.05) is 72.5 Å². The Labute approximate surface area is 247 Å². The number of fused-ring (bicyclic) bond motifs is 6. The van der Waals surface area contributed by atoms with Gasteiger partial charge in [-0.2, -0.15) is 0 Å². The summed E-state index contributed by atoms with van der Waals surface area (Å²) in [4.78, 5) is 17.8. The number of aromatic amines is 1. The zero-order valence-corrected chi connectivity index (χ0v) is 22.2. The van der Waals surface area contributed by atoms with Crippen molar-refractivity contribution in [2.75, 3.05) is 0 Å². The molecule has 0 saturated carbocycles. The van der Waals surface area contributed by atoms with E-state index in [1.54, 1.807) is 18.5 Å².